The third-order valence-corrected chi connectivity index (χ3v) is 2.33. The van der Waals surface area contributed by atoms with Gasteiger partial charge in [0.2, 0.25) is 0 Å². The van der Waals surface area contributed by atoms with Crippen LogP contribution in [0, 0.1) is 5.92 Å². The Bertz CT molecular complexity index is 279. The summed E-state index contributed by atoms with van der Waals surface area (Å²) in [6.45, 7) is 5.06. The van der Waals surface area contributed by atoms with Gasteiger partial charge in [0.1, 0.15) is 12.2 Å². The molecule has 1 fully saturated rings. The topological polar surface area (TPSA) is 151 Å². The molecular formula is C11H20N2O6Pt. The van der Waals surface area contributed by atoms with Crippen molar-refractivity contribution in [3.63, 3.8) is 0 Å². The van der Waals surface area contributed by atoms with Gasteiger partial charge in [-0.3, -0.25) is 0 Å². The van der Waals surface area contributed by atoms with E-state index in [0.29, 0.717) is 19.0 Å². The molecule has 0 unspecified atom stereocenters. The number of carbonyl (C=O) groups excluding carboxylic acids is 2. The van der Waals surface area contributed by atoms with Crippen LogP contribution in [0.5, 0.6) is 0 Å². The molecule has 0 aromatic heterocycles. The fourth-order valence-corrected chi connectivity index (χ4v) is 1.40. The van der Waals surface area contributed by atoms with Gasteiger partial charge in [-0.2, -0.15) is 0 Å². The van der Waals surface area contributed by atoms with Crippen LogP contribution in [-0.2, 0) is 40.1 Å². The second-order valence-corrected chi connectivity index (χ2v) is 4.35. The molecule has 0 radical (unpaired) electrons. The fourth-order valence-electron chi connectivity index (χ4n) is 1.40. The molecule has 1 aliphatic heterocycles. The van der Waals surface area contributed by atoms with Crippen molar-refractivity contribution in [2.75, 3.05) is 13.1 Å². The summed E-state index contributed by atoms with van der Waals surface area (Å²) in [5.41, 5.74) is 11.0. The van der Waals surface area contributed by atoms with Gasteiger partial charge in [0.15, 0.2) is 6.29 Å². The minimum absolute atomic E-state index is 0. The molecule has 8 nitrogen and oxygen atoms in total. The van der Waals surface area contributed by atoms with Gasteiger partial charge in [0.25, 0.3) is 0 Å². The van der Waals surface area contributed by atoms with Crippen molar-refractivity contribution < 1.29 is 50.3 Å². The standard InChI is InChI=1S/C8H18N2O2.C3H4O4.Pt/c1-5(2)8-11-6(3-9)7(4-10)12-8;4-2(5)1-3(6)7;/h5-8H,3-4,9-10H2,1-2H3;1H2,(H,4,5)(H,6,7);/q;;+2/p-2/t6-,7-;;/m1../s1. The van der Waals surface area contributed by atoms with Gasteiger partial charge < -0.3 is 40.7 Å². The van der Waals surface area contributed by atoms with Crippen molar-refractivity contribution in [1.29, 1.82) is 0 Å². The first kappa shape index (κ1) is 21.8. The van der Waals surface area contributed by atoms with Crippen LogP contribution in [0.2, 0.25) is 0 Å². The first-order chi connectivity index (χ1) is 8.81. The minimum Gasteiger partial charge on any atom is -0.550 e. The number of nitrogens with two attached hydrogens (primary N) is 2. The van der Waals surface area contributed by atoms with Crippen LogP contribution < -0.4 is 21.7 Å². The van der Waals surface area contributed by atoms with Crippen molar-refractivity contribution in [3.05, 3.63) is 0 Å². The summed E-state index contributed by atoms with van der Waals surface area (Å²) in [7, 11) is 0. The van der Waals surface area contributed by atoms with Crippen LogP contribution >= 0.6 is 0 Å². The molecule has 120 valence electrons. The van der Waals surface area contributed by atoms with Gasteiger partial charge in [-0.15, -0.1) is 0 Å². The van der Waals surface area contributed by atoms with E-state index < -0.39 is 18.4 Å². The molecule has 0 aromatic carbocycles. The Balaban J connectivity index is 0. The van der Waals surface area contributed by atoms with Gasteiger partial charge >= 0.3 is 21.1 Å². The Morgan fingerprint density at radius 1 is 1.05 bits per heavy atom. The molecule has 2 atom stereocenters. The summed E-state index contributed by atoms with van der Waals surface area (Å²) in [4.78, 5) is 18.6. The average molecular weight is 471 g/mol. The maximum atomic E-state index is 9.28. The average Bonchev–Trinajstić information content (AvgIpc) is 2.71. The van der Waals surface area contributed by atoms with E-state index in [4.69, 9.17) is 20.9 Å². The molecule has 0 aliphatic carbocycles. The number of hydrogen-bond donors (Lipinski definition) is 2. The van der Waals surface area contributed by atoms with E-state index in [1.54, 1.807) is 0 Å². The molecule has 0 spiro atoms. The summed E-state index contributed by atoms with van der Waals surface area (Å²) in [6.07, 6.45) is -1.21. The third-order valence-electron chi connectivity index (χ3n) is 2.33. The van der Waals surface area contributed by atoms with E-state index in [1.807, 2.05) is 0 Å². The largest absolute Gasteiger partial charge is 2.00 e. The fraction of sp³-hybridized carbons (Fsp3) is 0.818. The Kier molecular flexibility index (Phi) is 12.1. The zero-order valence-electron chi connectivity index (χ0n) is 11.4. The number of hydrogen-bond acceptors (Lipinski definition) is 8. The molecule has 4 N–H and O–H groups in total. The molecular weight excluding hydrogens is 451 g/mol. The van der Waals surface area contributed by atoms with Gasteiger partial charge in [0.05, 0.1) is 0 Å². The van der Waals surface area contributed by atoms with Crippen molar-refractivity contribution >= 4 is 11.9 Å². The molecule has 0 saturated carbocycles. The van der Waals surface area contributed by atoms with E-state index in [0.717, 1.165) is 0 Å². The predicted molar refractivity (Wildman–Crippen MR) is 61.1 cm³/mol. The molecule has 1 rings (SSSR count). The summed E-state index contributed by atoms with van der Waals surface area (Å²) < 4.78 is 11.1. The molecule has 1 aliphatic rings. The number of carboxylic acid groups (broad SMARTS) is 2. The molecule has 0 amide bonds. The number of rotatable bonds is 5. The molecule has 1 heterocycles. The van der Waals surface area contributed by atoms with Crippen LogP contribution in [0.25, 0.3) is 0 Å². The monoisotopic (exact) mass is 471 g/mol. The van der Waals surface area contributed by atoms with Gasteiger partial charge in [-0.05, 0) is 0 Å². The summed E-state index contributed by atoms with van der Waals surface area (Å²) in [5, 5.41) is 18.6. The minimum atomic E-state index is -1.63. The first-order valence-corrected chi connectivity index (χ1v) is 5.92. The van der Waals surface area contributed by atoms with E-state index in [1.165, 1.54) is 0 Å². The number of carboxylic acids is 2. The Morgan fingerprint density at radius 2 is 1.40 bits per heavy atom. The Labute approximate surface area is 132 Å². The normalized spacial score (nSPS) is 21.9. The van der Waals surface area contributed by atoms with E-state index in [-0.39, 0.29) is 39.6 Å². The maximum absolute atomic E-state index is 9.28. The SMILES string of the molecule is CC(C)C1O[C@H](CN)[C@@H](CN)O1.O=C([O-])CC(=O)[O-].[Pt+2]. The number of aliphatic carboxylic acids is 2. The Hall–Kier alpha value is -0.532. The second kappa shape index (κ2) is 11.2. The first-order valence-electron chi connectivity index (χ1n) is 5.92. The van der Waals surface area contributed by atoms with E-state index in [2.05, 4.69) is 13.8 Å². The zero-order chi connectivity index (χ0) is 15.0. The quantitative estimate of drug-likeness (QED) is 0.393. The molecule has 1 saturated heterocycles. The Morgan fingerprint density at radius 3 is 1.55 bits per heavy atom. The second-order valence-electron chi connectivity index (χ2n) is 4.35. The third kappa shape index (κ3) is 8.60. The van der Waals surface area contributed by atoms with Crippen LogP contribution in [0.3, 0.4) is 0 Å². The van der Waals surface area contributed by atoms with Crippen LogP contribution in [0.1, 0.15) is 20.3 Å². The van der Waals surface area contributed by atoms with Crippen LogP contribution in [0.4, 0.5) is 0 Å². The summed E-state index contributed by atoms with van der Waals surface area (Å²) in [5.74, 6) is -2.89. The van der Waals surface area contributed by atoms with Gasteiger partial charge in [-0.25, -0.2) is 0 Å². The zero-order valence-corrected chi connectivity index (χ0v) is 13.6. The predicted octanol–water partition coefficient (Wildman–Crippen LogP) is -3.46. The number of carbonyl (C=O) groups is 2. The molecule has 9 heteroatoms. The molecule has 0 aromatic rings. The smallest absolute Gasteiger partial charge is 0.550 e. The van der Waals surface area contributed by atoms with E-state index >= 15 is 0 Å². The van der Waals surface area contributed by atoms with Gasteiger partial charge in [0, 0.05) is 37.4 Å². The number of ether oxygens (including phenoxy) is 2. The summed E-state index contributed by atoms with van der Waals surface area (Å²) >= 11 is 0. The van der Waals surface area contributed by atoms with Crippen molar-refractivity contribution in [3.8, 4) is 0 Å². The molecule has 0 bridgehead atoms. The molecule has 20 heavy (non-hydrogen) atoms. The van der Waals surface area contributed by atoms with E-state index in [9.17, 15) is 19.8 Å². The van der Waals surface area contributed by atoms with Crippen LogP contribution in [0.15, 0.2) is 0 Å². The van der Waals surface area contributed by atoms with Crippen molar-refractivity contribution in [2.24, 2.45) is 17.4 Å². The van der Waals surface area contributed by atoms with Crippen molar-refractivity contribution in [1.82, 2.24) is 0 Å². The van der Waals surface area contributed by atoms with Crippen molar-refractivity contribution in [2.45, 2.75) is 38.8 Å². The van der Waals surface area contributed by atoms with Gasteiger partial charge in [-0.1, -0.05) is 13.8 Å². The summed E-state index contributed by atoms with van der Waals surface area (Å²) in [6, 6.07) is 0. The van der Waals surface area contributed by atoms with Crippen LogP contribution in [-0.4, -0.2) is 43.5 Å². The maximum Gasteiger partial charge on any atom is 2.00 e.